The van der Waals surface area contributed by atoms with E-state index in [4.69, 9.17) is 4.98 Å². The highest BCUT2D eigenvalue weighted by Gasteiger charge is 2.39. The quantitative estimate of drug-likeness (QED) is 0.616. The number of hydrogen-bond acceptors (Lipinski definition) is 7. The van der Waals surface area contributed by atoms with E-state index in [1.54, 1.807) is 16.2 Å². The molecule has 3 amide bonds. The Bertz CT molecular complexity index is 1030. The number of nitrogens with zero attached hydrogens (tertiary/aromatic N) is 2. The van der Waals surface area contributed by atoms with Crippen LogP contribution in [0.3, 0.4) is 0 Å². The number of carbonyl (C=O) groups is 3. The summed E-state index contributed by atoms with van der Waals surface area (Å²) in [6, 6.07) is 5.22. The number of anilines is 1. The molecule has 3 aliphatic heterocycles. The van der Waals surface area contributed by atoms with E-state index in [-0.39, 0.29) is 24.1 Å². The van der Waals surface area contributed by atoms with Crippen LogP contribution in [0.1, 0.15) is 58.8 Å². The van der Waals surface area contributed by atoms with Gasteiger partial charge in [-0.15, -0.1) is 11.3 Å². The highest BCUT2D eigenvalue weighted by molar-refractivity contribution is 7.13. The lowest BCUT2D eigenvalue weighted by Gasteiger charge is -2.29. The molecule has 31 heavy (non-hydrogen) atoms. The number of amides is 3. The summed E-state index contributed by atoms with van der Waals surface area (Å²) in [5.41, 5.74) is 3.60. The molecule has 8 nitrogen and oxygen atoms in total. The minimum atomic E-state index is -0.593. The van der Waals surface area contributed by atoms with E-state index in [1.807, 2.05) is 18.2 Å². The molecule has 0 bridgehead atoms. The lowest BCUT2D eigenvalue weighted by atomic mass is 9.97. The van der Waals surface area contributed by atoms with Crippen molar-refractivity contribution in [3.63, 3.8) is 0 Å². The molecule has 2 saturated heterocycles. The number of fused-ring (bicyclic) bond motifs is 1. The Morgan fingerprint density at radius 2 is 2.13 bits per heavy atom. The molecule has 9 heteroatoms. The van der Waals surface area contributed by atoms with E-state index in [9.17, 15) is 14.4 Å². The lowest BCUT2D eigenvalue weighted by Crippen LogP contribution is -2.52. The van der Waals surface area contributed by atoms with Crippen LogP contribution in [0.25, 0.3) is 0 Å². The average Bonchev–Trinajstić information content (AvgIpc) is 3.38. The lowest BCUT2D eigenvalue weighted by molar-refractivity contribution is -0.136. The topological polar surface area (TPSA) is 103 Å². The third-order valence-corrected chi connectivity index (χ3v) is 7.12. The number of hydrogen-bond donors (Lipinski definition) is 3. The van der Waals surface area contributed by atoms with Gasteiger partial charge in [-0.05, 0) is 36.9 Å². The number of aromatic nitrogens is 1. The molecule has 0 aliphatic carbocycles. The number of carbonyl (C=O) groups excluding carboxylic acids is 3. The van der Waals surface area contributed by atoms with Crippen molar-refractivity contribution >= 4 is 34.2 Å². The molecular weight excluding hydrogens is 414 g/mol. The molecule has 0 spiro atoms. The summed E-state index contributed by atoms with van der Waals surface area (Å²) in [6.45, 7) is 2.94. The van der Waals surface area contributed by atoms with Crippen LogP contribution in [-0.2, 0) is 22.7 Å². The monoisotopic (exact) mass is 439 g/mol. The summed E-state index contributed by atoms with van der Waals surface area (Å²) in [5, 5.41) is 12.1. The van der Waals surface area contributed by atoms with Crippen molar-refractivity contribution in [3.05, 3.63) is 46.0 Å². The predicted molar refractivity (Wildman–Crippen MR) is 117 cm³/mol. The van der Waals surface area contributed by atoms with Crippen molar-refractivity contribution < 1.29 is 14.4 Å². The maximum Gasteiger partial charge on any atom is 0.255 e. The molecule has 162 valence electrons. The first-order valence-electron chi connectivity index (χ1n) is 10.8. The van der Waals surface area contributed by atoms with Crippen LogP contribution in [0.5, 0.6) is 0 Å². The van der Waals surface area contributed by atoms with Crippen molar-refractivity contribution in [2.24, 2.45) is 0 Å². The van der Waals surface area contributed by atoms with Gasteiger partial charge in [-0.25, -0.2) is 4.98 Å². The summed E-state index contributed by atoms with van der Waals surface area (Å²) in [5.74, 6) is -0.341. The molecule has 3 aliphatic rings. The smallest absolute Gasteiger partial charge is 0.255 e. The molecule has 2 aromatic rings. The Kier molecular flexibility index (Phi) is 5.45. The van der Waals surface area contributed by atoms with Gasteiger partial charge in [0.15, 0.2) is 5.13 Å². The second kappa shape index (κ2) is 8.39. The van der Waals surface area contributed by atoms with Gasteiger partial charge < -0.3 is 15.5 Å². The summed E-state index contributed by atoms with van der Waals surface area (Å²) >= 11 is 1.59. The third kappa shape index (κ3) is 3.95. The van der Waals surface area contributed by atoms with Crippen molar-refractivity contribution in [3.8, 4) is 0 Å². The second-order valence-electron chi connectivity index (χ2n) is 8.33. The van der Waals surface area contributed by atoms with Gasteiger partial charge >= 0.3 is 0 Å². The Labute approximate surface area is 184 Å². The molecule has 1 aromatic heterocycles. The Morgan fingerprint density at radius 1 is 1.23 bits per heavy atom. The number of piperidine rings is 2. The summed E-state index contributed by atoms with van der Waals surface area (Å²) < 4.78 is 0. The number of rotatable bonds is 5. The zero-order valence-corrected chi connectivity index (χ0v) is 18.0. The first-order chi connectivity index (χ1) is 15.1. The van der Waals surface area contributed by atoms with Crippen LogP contribution in [0.15, 0.2) is 23.6 Å². The molecule has 0 radical (unpaired) electrons. The van der Waals surface area contributed by atoms with Crippen LogP contribution >= 0.6 is 11.3 Å². The fourth-order valence-corrected chi connectivity index (χ4v) is 5.46. The van der Waals surface area contributed by atoms with Crippen LogP contribution in [0.4, 0.5) is 5.13 Å². The highest BCUT2D eigenvalue weighted by atomic mass is 32.1. The number of imide groups is 1. The van der Waals surface area contributed by atoms with Gasteiger partial charge in [0.05, 0.1) is 5.69 Å². The second-order valence-corrected chi connectivity index (χ2v) is 9.18. The van der Waals surface area contributed by atoms with E-state index in [1.165, 1.54) is 6.42 Å². The zero-order chi connectivity index (χ0) is 21.4. The van der Waals surface area contributed by atoms with Gasteiger partial charge in [-0.2, -0.15) is 0 Å². The van der Waals surface area contributed by atoms with Gasteiger partial charge in [-0.1, -0.05) is 18.2 Å². The van der Waals surface area contributed by atoms with Gasteiger partial charge in [0.25, 0.3) is 5.91 Å². The van der Waals surface area contributed by atoms with Gasteiger partial charge in [0, 0.05) is 42.9 Å². The number of nitrogens with one attached hydrogen (secondary N) is 3. The molecule has 4 heterocycles. The minimum Gasteiger partial charge on any atom is -0.357 e. The van der Waals surface area contributed by atoms with Crippen molar-refractivity contribution in [2.75, 3.05) is 18.4 Å². The Morgan fingerprint density at radius 3 is 2.94 bits per heavy atom. The summed E-state index contributed by atoms with van der Waals surface area (Å²) in [7, 11) is 0. The standard InChI is InChI=1S/C22H25N5O3S/c28-18-7-6-17(20(29)26-18)27-11-15-4-1-3-14(19(15)21(27)30)10-24-22-25-16(12-31-22)13-5-2-8-23-9-13/h1,3-4,12-13,17,23H,2,5-11H2,(H,24,25)(H,26,28,29). The van der Waals surface area contributed by atoms with Gasteiger partial charge in [-0.3, -0.25) is 19.7 Å². The van der Waals surface area contributed by atoms with Crippen LogP contribution in [0.2, 0.25) is 0 Å². The first kappa shape index (κ1) is 20.1. The Balaban J connectivity index is 1.28. The molecule has 2 unspecified atom stereocenters. The fraction of sp³-hybridized carbons (Fsp3) is 0.455. The van der Waals surface area contributed by atoms with E-state index in [2.05, 4.69) is 21.3 Å². The highest BCUT2D eigenvalue weighted by Crippen LogP contribution is 2.31. The van der Waals surface area contributed by atoms with Crippen LogP contribution in [-0.4, -0.2) is 46.7 Å². The van der Waals surface area contributed by atoms with E-state index in [0.29, 0.717) is 31.0 Å². The molecule has 5 rings (SSSR count). The van der Waals surface area contributed by atoms with Crippen LogP contribution in [0, 0.1) is 0 Å². The molecule has 2 fully saturated rings. The number of benzene rings is 1. The summed E-state index contributed by atoms with van der Waals surface area (Å²) in [6.07, 6.45) is 2.96. The van der Waals surface area contributed by atoms with Gasteiger partial charge in [0.2, 0.25) is 11.8 Å². The van der Waals surface area contributed by atoms with E-state index in [0.717, 1.165) is 41.5 Å². The van der Waals surface area contributed by atoms with Crippen molar-refractivity contribution in [2.45, 2.75) is 50.7 Å². The molecule has 3 N–H and O–H groups in total. The van der Waals surface area contributed by atoms with Crippen LogP contribution < -0.4 is 16.0 Å². The maximum atomic E-state index is 13.2. The summed E-state index contributed by atoms with van der Waals surface area (Å²) in [4.78, 5) is 43.2. The first-order valence-corrected chi connectivity index (χ1v) is 11.6. The van der Waals surface area contributed by atoms with Crippen molar-refractivity contribution in [1.82, 2.24) is 20.5 Å². The van der Waals surface area contributed by atoms with Gasteiger partial charge in [0.1, 0.15) is 6.04 Å². The largest absolute Gasteiger partial charge is 0.357 e. The maximum absolute atomic E-state index is 13.2. The number of thiazole rings is 1. The predicted octanol–water partition coefficient (Wildman–Crippen LogP) is 1.98. The Hall–Kier alpha value is -2.78. The molecular formula is C22H25N5O3S. The third-order valence-electron chi connectivity index (χ3n) is 6.31. The fourth-order valence-electron chi connectivity index (χ4n) is 4.67. The van der Waals surface area contributed by atoms with E-state index < -0.39 is 6.04 Å². The molecule has 2 atom stereocenters. The van der Waals surface area contributed by atoms with Crippen molar-refractivity contribution in [1.29, 1.82) is 0 Å². The molecule has 0 saturated carbocycles. The van der Waals surface area contributed by atoms with E-state index >= 15 is 0 Å². The average molecular weight is 440 g/mol. The minimum absolute atomic E-state index is 0.144. The molecule has 1 aromatic carbocycles. The normalized spacial score (nSPS) is 23.6. The SMILES string of the molecule is O=C1CCC(N2Cc3cccc(CNc4nc(C5CCCNC5)cs4)c3C2=O)C(=O)N1. The zero-order valence-electron chi connectivity index (χ0n) is 17.1.